The lowest BCUT2D eigenvalue weighted by atomic mass is 10.3. The predicted molar refractivity (Wildman–Crippen MR) is 84.0 cm³/mol. The average molecular weight is 291 g/mol. The van der Waals surface area contributed by atoms with Crippen molar-refractivity contribution >= 4 is 27.5 Å². The van der Waals surface area contributed by atoms with E-state index in [0.29, 0.717) is 6.54 Å². The molecule has 1 aromatic carbocycles. The second kappa shape index (κ2) is 6.81. The number of benzene rings is 1. The van der Waals surface area contributed by atoms with Crippen LogP contribution in [0.3, 0.4) is 0 Å². The number of likely N-dealkylation sites (N-methyl/N-ethyl adjacent to an activating group) is 1. The highest BCUT2D eigenvalue weighted by molar-refractivity contribution is 7.18. The number of carbonyl (C=O) groups is 1. The number of aromatic nitrogens is 1. The van der Waals surface area contributed by atoms with Crippen molar-refractivity contribution in [3.8, 4) is 0 Å². The zero-order chi connectivity index (χ0) is 14.5. The summed E-state index contributed by atoms with van der Waals surface area (Å²) in [5.41, 5.74) is 1.02. The van der Waals surface area contributed by atoms with Gasteiger partial charge in [-0.1, -0.05) is 12.1 Å². The van der Waals surface area contributed by atoms with Gasteiger partial charge in [-0.3, -0.25) is 10.1 Å². The van der Waals surface area contributed by atoms with E-state index in [-0.39, 0.29) is 11.9 Å². The number of thiazole rings is 1. The molecule has 1 unspecified atom stereocenters. The first kappa shape index (κ1) is 14.9. The van der Waals surface area contributed by atoms with Crippen LogP contribution in [-0.4, -0.2) is 35.4 Å². The molecule has 1 atom stereocenters. The fourth-order valence-electron chi connectivity index (χ4n) is 2.09. The number of hydrogen-bond acceptors (Lipinski definition) is 4. The van der Waals surface area contributed by atoms with Crippen LogP contribution in [0.15, 0.2) is 24.3 Å². The van der Waals surface area contributed by atoms with Gasteiger partial charge in [-0.05, 0) is 32.9 Å². The summed E-state index contributed by atoms with van der Waals surface area (Å²) in [6.45, 7) is 7.92. The van der Waals surface area contributed by atoms with Crippen LogP contribution in [0.1, 0.15) is 31.8 Å². The van der Waals surface area contributed by atoms with Crippen LogP contribution in [0.5, 0.6) is 0 Å². The molecule has 0 aliphatic rings. The molecule has 0 saturated carbocycles. The molecular weight excluding hydrogens is 270 g/mol. The molecule has 2 rings (SSSR count). The van der Waals surface area contributed by atoms with Gasteiger partial charge in [0.25, 0.3) is 0 Å². The number of nitrogens with zero attached hydrogens (tertiary/aromatic N) is 2. The largest absolute Gasteiger partial charge is 0.342 e. The van der Waals surface area contributed by atoms with Crippen molar-refractivity contribution in [2.45, 2.75) is 26.8 Å². The molecule has 4 nitrogen and oxygen atoms in total. The molecule has 0 bridgehead atoms. The Kier molecular flexibility index (Phi) is 5.09. The minimum Gasteiger partial charge on any atom is -0.342 e. The zero-order valence-corrected chi connectivity index (χ0v) is 13.0. The third-order valence-corrected chi connectivity index (χ3v) is 4.58. The van der Waals surface area contributed by atoms with Gasteiger partial charge in [-0.25, -0.2) is 4.98 Å². The Morgan fingerprint density at radius 3 is 2.70 bits per heavy atom. The molecule has 0 fully saturated rings. The maximum absolute atomic E-state index is 12.0. The molecule has 0 saturated heterocycles. The van der Waals surface area contributed by atoms with Gasteiger partial charge in [0.2, 0.25) is 5.91 Å². The monoisotopic (exact) mass is 291 g/mol. The molecule has 0 radical (unpaired) electrons. The van der Waals surface area contributed by atoms with E-state index in [9.17, 15) is 4.79 Å². The summed E-state index contributed by atoms with van der Waals surface area (Å²) in [6.07, 6.45) is 0. The van der Waals surface area contributed by atoms with Crippen LogP contribution >= 0.6 is 11.3 Å². The third-order valence-electron chi connectivity index (χ3n) is 3.36. The maximum Gasteiger partial charge on any atom is 0.236 e. The molecule has 0 aliphatic carbocycles. The summed E-state index contributed by atoms with van der Waals surface area (Å²) >= 11 is 1.68. The number of fused-ring (bicyclic) bond motifs is 1. The van der Waals surface area contributed by atoms with Crippen LogP contribution < -0.4 is 5.32 Å². The third kappa shape index (κ3) is 3.35. The number of para-hydroxylation sites is 1. The van der Waals surface area contributed by atoms with Gasteiger partial charge in [0.15, 0.2) is 0 Å². The number of hydrogen-bond donors (Lipinski definition) is 1. The molecule has 0 spiro atoms. The van der Waals surface area contributed by atoms with Gasteiger partial charge in [-0.15, -0.1) is 11.3 Å². The van der Waals surface area contributed by atoms with Crippen LogP contribution in [0.4, 0.5) is 0 Å². The van der Waals surface area contributed by atoms with Crippen molar-refractivity contribution in [3.63, 3.8) is 0 Å². The van der Waals surface area contributed by atoms with Crippen LogP contribution in [0, 0.1) is 0 Å². The van der Waals surface area contributed by atoms with Gasteiger partial charge < -0.3 is 4.90 Å². The van der Waals surface area contributed by atoms with Gasteiger partial charge >= 0.3 is 0 Å². The van der Waals surface area contributed by atoms with Crippen LogP contribution in [0.25, 0.3) is 10.2 Å². The molecule has 1 N–H and O–H groups in total. The van der Waals surface area contributed by atoms with E-state index >= 15 is 0 Å². The Morgan fingerprint density at radius 2 is 2.05 bits per heavy atom. The van der Waals surface area contributed by atoms with Crippen LogP contribution in [-0.2, 0) is 4.79 Å². The summed E-state index contributed by atoms with van der Waals surface area (Å²) in [5.74, 6) is 0.142. The fraction of sp³-hybridized carbons (Fsp3) is 0.467. The molecule has 0 aliphatic heterocycles. The number of nitrogens with one attached hydrogen (secondary N) is 1. The Hall–Kier alpha value is -1.46. The highest BCUT2D eigenvalue weighted by atomic mass is 32.1. The summed E-state index contributed by atoms with van der Waals surface area (Å²) in [5, 5.41) is 4.29. The topological polar surface area (TPSA) is 45.2 Å². The number of rotatable bonds is 6. The van der Waals surface area contributed by atoms with E-state index in [0.717, 1.165) is 23.6 Å². The van der Waals surface area contributed by atoms with Gasteiger partial charge in [-0.2, -0.15) is 0 Å². The normalized spacial score (nSPS) is 12.6. The maximum atomic E-state index is 12.0. The summed E-state index contributed by atoms with van der Waals surface area (Å²) in [6, 6.07) is 8.19. The SMILES string of the molecule is CCN(CC)C(=O)CNC(C)c1nc2ccccc2s1. The summed E-state index contributed by atoms with van der Waals surface area (Å²) < 4.78 is 1.19. The van der Waals surface area contributed by atoms with Crippen molar-refractivity contribution in [2.24, 2.45) is 0 Å². The highest BCUT2D eigenvalue weighted by Crippen LogP contribution is 2.25. The van der Waals surface area contributed by atoms with Crippen LogP contribution in [0.2, 0.25) is 0 Å². The Bertz CT molecular complexity index is 544. The predicted octanol–water partition coefficient (Wildman–Crippen LogP) is 2.82. The molecule has 108 valence electrons. The highest BCUT2D eigenvalue weighted by Gasteiger charge is 2.14. The fourth-order valence-corrected chi connectivity index (χ4v) is 3.09. The lowest BCUT2D eigenvalue weighted by Crippen LogP contribution is -2.38. The van der Waals surface area contributed by atoms with E-state index in [4.69, 9.17) is 0 Å². The second-order valence-corrected chi connectivity index (χ2v) is 5.75. The van der Waals surface area contributed by atoms with Crippen molar-refractivity contribution < 1.29 is 4.79 Å². The van der Waals surface area contributed by atoms with Gasteiger partial charge in [0.05, 0.1) is 22.8 Å². The molecule has 1 amide bonds. The first-order chi connectivity index (χ1) is 9.65. The van der Waals surface area contributed by atoms with Crippen molar-refractivity contribution in [3.05, 3.63) is 29.3 Å². The Balaban J connectivity index is 1.98. The lowest BCUT2D eigenvalue weighted by Gasteiger charge is -2.20. The van der Waals surface area contributed by atoms with E-state index in [1.807, 2.05) is 43.9 Å². The number of carbonyl (C=O) groups excluding carboxylic acids is 1. The quantitative estimate of drug-likeness (QED) is 0.890. The summed E-state index contributed by atoms with van der Waals surface area (Å²) in [7, 11) is 0. The van der Waals surface area contributed by atoms with Crippen molar-refractivity contribution in [2.75, 3.05) is 19.6 Å². The lowest BCUT2D eigenvalue weighted by molar-refractivity contribution is -0.129. The zero-order valence-electron chi connectivity index (χ0n) is 12.2. The second-order valence-electron chi connectivity index (χ2n) is 4.69. The molecule has 1 heterocycles. The summed E-state index contributed by atoms with van der Waals surface area (Å²) in [4.78, 5) is 18.4. The Labute approximate surface area is 123 Å². The Morgan fingerprint density at radius 1 is 1.35 bits per heavy atom. The minimum atomic E-state index is 0.0897. The van der Waals surface area contributed by atoms with Gasteiger partial charge in [0.1, 0.15) is 5.01 Å². The van der Waals surface area contributed by atoms with Crippen molar-refractivity contribution in [1.29, 1.82) is 0 Å². The average Bonchev–Trinajstić information content (AvgIpc) is 2.90. The molecule has 2 aromatic rings. The smallest absolute Gasteiger partial charge is 0.236 e. The standard InChI is InChI=1S/C15H21N3OS/c1-4-18(5-2)14(19)10-16-11(3)15-17-12-8-6-7-9-13(12)20-15/h6-9,11,16H,4-5,10H2,1-3H3. The first-order valence-electron chi connectivity index (χ1n) is 7.02. The minimum absolute atomic E-state index is 0.0897. The van der Waals surface area contributed by atoms with E-state index < -0.39 is 0 Å². The molecule has 20 heavy (non-hydrogen) atoms. The van der Waals surface area contributed by atoms with E-state index in [1.165, 1.54) is 4.70 Å². The molecular formula is C15H21N3OS. The molecule has 1 aromatic heterocycles. The molecule has 5 heteroatoms. The van der Waals surface area contributed by atoms with Gasteiger partial charge in [0, 0.05) is 13.1 Å². The number of amides is 1. The van der Waals surface area contributed by atoms with E-state index in [2.05, 4.69) is 16.4 Å². The first-order valence-corrected chi connectivity index (χ1v) is 7.84. The van der Waals surface area contributed by atoms with E-state index in [1.54, 1.807) is 11.3 Å². The van der Waals surface area contributed by atoms with Crippen molar-refractivity contribution in [1.82, 2.24) is 15.2 Å².